The van der Waals surface area contributed by atoms with Gasteiger partial charge in [0.05, 0.1) is 0 Å². The summed E-state index contributed by atoms with van der Waals surface area (Å²) in [5.74, 6) is 0. The molecule has 0 fully saturated rings. The fraction of sp³-hybridized carbons (Fsp3) is 0.500. The standard InChI is InChI=1S/CF2O.CO.2CH4/c2-1(3)4;1-2;;/h;;2*1H4. The number of halogens is 2. The summed E-state index contributed by atoms with van der Waals surface area (Å²) in [5.41, 5.74) is 0. The third-order valence-electron chi connectivity index (χ3n) is 0. The molecule has 0 spiro atoms. The van der Waals surface area contributed by atoms with E-state index in [1.165, 1.54) is 0 Å². The SMILES string of the molecule is C.C.O=C(F)F.[C-]#[O+]. The first-order chi connectivity index (χ1) is 2.73. The number of carbonyl (C=O) groups excluding carboxylic acids is 1. The molecule has 0 atom stereocenters. The molecule has 0 aromatic heterocycles. The molecule has 0 radical (unpaired) electrons. The van der Waals surface area contributed by atoms with E-state index < -0.39 is 6.29 Å². The third kappa shape index (κ3) is 180. The number of hydrogen-bond acceptors (Lipinski definition) is 1. The average molecular weight is 126 g/mol. The monoisotopic (exact) mass is 126 g/mol. The van der Waals surface area contributed by atoms with E-state index >= 15 is 0 Å². The van der Waals surface area contributed by atoms with Crippen molar-refractivity contribution in [2.75, 3.05) is 0 Å². The third-order valence-corrected chi connectivity index (χ3v) is 0. The van der Waals surface area contributed by atoms with Crippen molar-refractivity contribution < 1.29 is 18.2 Å². The van der Waals surface area contributed by atoms with Crippen LogP contribution in [-0.2, 0) is 4.65 Å². The van der Waals surface area contributed by atoms with Gasteiger partial charge in [-0.05, 0) is 0 Å². The van der Waals surface area contributed by atoms with Gasteiger partial charge in [-0.2, -0.15) is 0 Å². The molecular weight excluding hydrogens is 118 g/mol. The van der Waals surface area contributed by atoms with Crippen molar-refractivity contribution in [3.63, 3.8) is 0 Å². The zero-order valence-corrected chi connectivity index (χ0v) is 2.57. The van der Waals surface area contributed by atoms with Crippen LogP contribution in [0.25, 0.3) is 0 Å². The van der Waals surface area contributed by atoms with Crippen LogP contribution in [0.5, 0.6) is 0 Å². The molecule has 0 unspecified atom stereocenters. The van der Waals surface area contributed by atoms with Crippen LogP contribution in [0.1, 0.15) is 14.9 Å². The topological polar surface area (TPSA) is 37.0 Å². The number of rotatable bonds is 0. The van der Waals surface area contributed by atoms with E-state index in [1.807, 2.05) is 0 Å². The molecular formula is C4H8F2O2. The predicted molar refractivity (Wildman–Crippen MR) is 25.0 cm³/mol. The average Bonchev–Trinajstić information content (AvgIpc) is 1.41. The molecule has 0 aliphatic rings. The van der Waals surface area contributed by atoms with E-state index in [9.17, 15) is 8.78 Å². The normalized spacial score (nSPS) is 3.50. The Bertz CT molecular complexity index is 56.3. The van der Waals surface area contributed by atoms with Gasteiger partial charge in [0.25, 0.3) is 0 Å². The van der Waals surface area contributed by atoms with Crippen molar-refractivity contribution in [1.29, 1.82) is 0 Å². The molecule has 2 nitrogen and oxygen atoms in total. The van der Waals surface area contributed by atoms with Crippen LogP contribution >= 0.6 is 0 Å². The molecule has 0 aliphatic carbocycles. The molecule has 4 heteroatoms. The van der Waals surface area contributed by atoms with Gasteiger partial charge >= 0.3 is 17.6 Å². The van der Waals surface area contributed by atoms with Crippen molar-refractivity contribution in [1.82, 2.24) is 0 Å². The van der Waals surface area contributed by atoms with Crippen molar-refractivity contribution in [3.8, 4) is 0 Å². The summed E-state index contributed by atoms with van der Waals surface area (Å²) >= 11 is 0. The van der Waals surface area contributed by atoms with E-state index in [4.69, 9.17) is 9.45 Å². The second kappa shape index (κ2) is 33.8. The molecule has 0 aromatic carbocycles. The summed E-state index contributed by atoms with van der Waals surface area (Å²) in [6, 6.07) is 0. The van der Waals surface area contributed by atoms with Crippen molar-refractivity contribution >= 4 is 6.29 Å². The zero-order valence-electron chi connectivity index (χ0n) is 2.57. The van der Waals surface area contributed by atoms with Crippen LogP contribution in [-0.4, -0.2) is 6.29 Å². The predicted octanol–water partition coefficient (Wildman–Crippen LogP) is 2.28. The fourth-order valence-corrected chi connectivity index (χ4v) is 0. The van der Waals surface area contributed by atoms with Crippen LogP contribution in [0.2, 0.25) is 0 Å². The maximum atomic E-state index is 9.69. The first-order valence-corrected chi connectivity index (χ1v) is 0.786. The van der Waals surface area contributed by atoms with Gasteiger partial charge in [0, 0.05) is 0 Å². The molecule has 0 aliphatic heterocycles. The van der Waals surface area contributed by atoms with Crippen LogP contribution in [0.4, 0.5) is 13.6 Å². The summed E-state index contributed by atoms with van der Waals surface area (Å²) in [6.45, 7) is 4.50. The number of hydrogen-bond donors (Lipinski definition) is 0. The Morgan fingerprint density at radius 1 is 1.25 bits per heavy atom. The van der Waals surface area contributed by atoms with Crippen molar-refractivity contribution in [2.45, 2.75) is 14.9 Å². The Morgan fingerprint density at radius 2 is 1.25 bits per heavy atom. The first-order valence-electron chi connectivity index (χ1n) is 0.786. The van der Waals surface area contributed by atoms with E-state index in [1.54, 1.807) is 0 Å². The van der Waals surface area contributed by atoms with E-state index in [0.717, 1.165) is 0 Å². The second-order valence-electron chi connectivity index (χ2n) is 0.226. The van der Waals surface area contributed by atoms with Gasteiger partial charge in [0.1, 0.15) is 0 Å². The summed E-state index contributed by atoms with van der Waals surface area (Å²) < 4.78 is 26.9. The van der Waals surface area contributed by atoms with Crippen molar-refractivity contribution in [3.05, 3.63) is 6.65 Å². The molecule has 0 N–H and O–H groups in total. The molecule has 0 heterocycles. The molecule has 0 saturated heterocycles. The Balaban J connectivity index is -0.0000000183. The second-order valence-corrected chi connectivity index (χ2v) is 0.226. The molecule has 0 rings (SSSR count). The molecule has 0 amide bonds. The van der Waals surface area contributed by atoms with Crippen LogP contribution in [0.3, 0.4) is 0 Å². The summed E-state index contributed by atoms with van der Waals surface area (Å²) in [6.07, 6.45) is -2.83. The zero-order chi connectivity index (χ0) is 5.58. The number of carbonyl (C=O) groups is 1. The van der Waals surface area contributed by atoms with Gasteiger partial charge in [0.15, 0.2) is 0 Å². The minimum atomic E-state index is -2.83. The summed E-state index contributed by atoms with van der Waals surface area (Å²) in [4.78, 5) is 8.11. The quantitative estimate of drug-likeness (QED) is 0.278. The van der Waals surface area contributed by atoms with E-state index in [2.05, 4.69) is 6.65 Å². The van der Waals surface area contributed by atoms with Crippen LogP contribution in [0.15, 0.2) is 0 Å². The molecule has 8 heavy (non-hydrogen) atoms. The van der Waals surface area contributed by atoms with Crippen LogP contribution in [0, 0.1) is 6.65 Å². The van der Waals surface area contributed by atoms with Crippen LogP contribution < -0.4 is 0 Å². The Kier molecular flexibility index (Phi) is 113. The molecule has 0 bridgehead atoms. The van der Waals surface area contributed by atoms with Crippen molar-refractivity contribution in [2.24, 2.45) is 0 Å². The summed E-state index contributed by atoms with van der Waals surface area (Å²) in [5, 5.41) is 0. The Hall–Kier alpha value is -0.730. The molecule has 50 valence electrons. The maximum absolute atomic E-state index is 9.69. The van der Waals surface area contributed by atoms with E-state index in [0.29, 0.717) is 0 Å². The first kappa shape index (κ1) is 26.7. The molecule has 0 saturated carbocycles. The summed E-state index contributed by atoms with van der Waals surface area (Å²) in [7, 11) is 0. The van der Waals surface area contributed by atoms with Gasteiger partial charge in [-0.15, -0.1) is 8.78 Å². The van der Waals surface area contributed by atoms with Gasteiger partial charge in [-0.25, -0.2) is 4.79 Å². The van der Waals surface area contributed by atoms with E-state index in [-0.39, 0.29) is 14.9 Å². The molecule has 0 aromatic rings. The minimum absolute atomic E-state index is 0. The fourth-order valence-electron chi connectivity index (χ4n) is 0. The van der Waals surface area contributed by atoms with Gasteiger partial charge < -0.3 is 0 Å². The Morgan fingerprint density at radius 3 is 1.25 bits per heavy atom. The van der Waals surface area contributed by atoms with Gasteiger partial charge in [-0.1, -0.05) is 14.9 Å². The Labute approximate surface area is 47.2 Å². The van der Waals surface area contributed by atoms with Gasteiger partial charge in [0.2, 0.25) is 0 Å². The van der Waals surface area contributed by atoms with Gasteiger partial charge in [-0.3, -0.25) is 0 Å².